The maximum Gasteiger partial charge on any atom is 0.262 e. The van der Waals surface area contributed by atoms with Crippen LogP contribution in [0.1, 0.15) is 12.2 Å². The second-order valence-corrected chi connectivity index (χ2v) is 9.89. The summed E-state index contributed by atoms with van der Waals surface area (Å²) in [4.78, 5) is 18.0. The van der Waals surface area contributed by atoms with Crippen LogP contribution < -0.4 is 5.56 Å². The Labute approximate surface area is 178 Å². The van der Waals surface area contributed by atoms with Gasteiger partial charge in [-0.2, -0.15) is 0 Å². The molecule has 0 saturated heterocycles. The summed E-state index contributed by atoms with van der Waals surface area (Å²) in [6.45, 7) is 0.272. The van der Waals surface area contributed by atoms with Crippen LogP contribution in [0.4, 0.5) is 0 Å². The van der Waals surface area contributed by atoms with Crippen molar-refractivity contribution in [3.63, 3.8) is 0 Å². The number of hydrogen-bond donors (Lipinski definition) is 0. The number of sulfone groups is 1. The lowest BCUT2D eigenvalue weighted by Gasteiger charge is -2.12. The molecule has 0 saturated carbocycles. The average Bonchev–Trinajstić information content (AvgIpc) is 3.28. The normalized spacial score (nSPS) is 11.7. The summed E-state index contributed by atoms with van der Waals surface area (Å²) in [7, 11) is -3.33. The Hall–Kier alpha value is -2.84. The molecule has 4 aromatic rings. The lowest BCUT2D eigenvalue weighted by atomic mass is 10.2. The molecule has 0 aliphatic carbocycles. The molecule has 0 unspecified atom stereocenters. The number of para-hydroxylation sites is 1. The molecule has 0 aliphatic heterocycles. The van der Waals surface area contributed by atoms with Crippen molar-refractivity contribution in [3.8, 4) is 0 Å². The Morgan fingerprint density at radius 1 is 0.967 bits per heavy atom. The van der Waals surface area contributed by atoms with Gasteiger partial charge in [-0.05, 0) is 42.8 Å². The number of benzene rings is 2. The number of nitrogens with zero attached hydrogens (tertiary/aromatic N) is 2. The van der Waals surface area contributed by atoms with Crippen molar-refractivity contribution < 1.29 is 12.8 Å². The predicted octanol–water partition coefficient (Wildman–Crippen LogP) is 3.99. The molecular formula is C22H20N2O4S2. The number of aromatic nitrogens is 2. The van der Waals surface area contributed by atoms with Crippen molar-refractivity contribution in [1.82, 2.24) is 9.55 Å². The first kappa shape index (κ1) is 20.4. The summed E-state index contributed by atoms with van der Waals surface area (Å²) in [6, 6.07) is 19.2. The quantitative estimate of drug-likeness (QED) is 0.234. The van der Waals surface area contributed by atoms with Crippen LogP contribution in [-0.2, 0) is 16.4 Å². The van der Waals surface area contributed by atoms with E-state index in [0.717, 1.165) is 0 Å². The van der Waals surface area contributed by atoms with Crippen molar-refractivity contribution in [2.75, 3.05) is 11.5 Å². The van der Waals surface area contributed by atoms with E-state index in [0.29, 0.717) is 38.9 Å². The Balaban J connectivity index is 1.54. The third-order valence-electron chi connectivity index (χ3n) is 4.61. The lowest BCUT2D eigenvalue weighted by molar-refractivity contribution is 0.476. The SMILES string of the molecule is O=c1c2ccccc2nc(SCCCS(=O)(=O)c2ccccc2)n1Cc1ccco1. The van der Waals surface area contributed by atoms with E-state index in [9.17, 15) is 13.2 Å². The maximum absolute atomic E-state index is 13.0. The Bertz CT molecular complexity index is 1300. The van der Waals surface area contributed by atoms with E-state index in [4.69, 9.17) is 4.42 Å². The van der Waals surface area contributed by atoms with Gasteiger partial charge in [-0.25, -0.2) is 13.4 Å². The van der Waals surface area contributed by atoms with Gasteiger partial charge >= 0.3 is 0 Å². The fourth-order valence-electron chi connectivity index (χ4n) is 3.11. The summed E-state index contributed by atoms with van der Waals surface area (Å²) in [5.41, 5.74) is 0.481. The van der Waals surface area contributed by atoms with E-state index in [1.807, 2.05) is 18.2 Å². The van der Waals surface area contributed by atoms with E-state index in [-0.39, 0.29) is 17.9 Å². The third kappa shape index (κ3) is 4.49. The minimum Gasteiger partial charge on any atom is -0.467 e. The first-order valence-corrected chi connectivity index (χ1v) is 12.1. The average molecular weight is 441 g/mol. The van der Waals surface area contributed by atoms with E-state index in [2.05, 4.69) is 4.98 Å². The van der Waals surface area contributed by atoms with Gasteiger partial charge in [0.2, 0.25) is 0 Å². The molecule has 2 aromatic heterocycles. The summed E-state index contributed by atoms with van der Waals surface area (Å²) < 4.78 is 31.9. The van der Waals surface area contributed by atoms with Gasteiger partial charge in [-0.1, -0.05) is 42.1 Å². The number of rotatable bonds is 8. The molecule has 0 amide bonds. The van der Waals surface area contributed by atoms with E-state index < -0.39 is 9.84 Å². The van der Waals surface area contributed by atoms with Gasteiger partial charge in [-0.3, -0.25) is 9.36 Å². The van der Waals surface area contributed by atoms with Crippen LogP contribution in [-0.4, -0.2) is 29.5 Å². The zero-order chi connectivity index (χ0) is 21.0. The molecule has 0 fully saturated rings. The van der Waals surface area contributed by atoms with Gasteiger partial charge < -0.3 is 4.42 Å². The standard InChI is InChI=1S/C22H20N2O4S2/c25-21-19-11-4-5-12-20(19)23-22(24(21)16-17-8-6-13-28-17)29-14-7-15-30(26,27)18-9-2-1-3-10-18/h1-6,8-13H,7,14-16H2. The van der Waals surface area contributed by atoms with Crippen molar-refractivity contribution >= 4 is 32.5 Å². The highest BCUT2D eigenvalue weighted by molar-refractivity contribution is 7.99. The van der Waals surface area contributed by atoms with Crippen molar-refractivity contribution in [2.24, 2.45) is 0 Å². The number of thioether (sulfide) groups is 1. The topological polar surface area (TPSA) is 82.2 Å². The molecule has 0 N–H and O–H groups in total. The van der Waals surface area contributed by atoms with Crippen LogP contribution in [0.25, 0.3) is 10.9 Å². The van der Waals surface area contributed by atoms with E-state index >= 15 is 0 Å². The minimum atomic E-state index is -3.33. The largest absolute Gasteiger partial charge is 0.467 e. The van der Waals surface area contributed by atoms with Crippen LogP contribution in [0.15, 0.2) is 92.3 Å². The first-order chi connectivity index (χ1) is 14.5. The fraction of sp³-hybridized carbons (Fsp3) is 0.182. The lowest BCUT2D eigenvalue weighted by Crippen LogP contribution is -2.24. The predicted molar refractivity (Wildman–Crippen MR) is 118 cm³/mol. The summed E-state index contributed by atoms with van der Waals surface area (Å²) in [5.74, 6) is 1.22. The third-order valence-corrected chi connectivity index (χ3v) is 7.49. The molecule has 2 heterocycles. The van der Waals surface area contributed by atoms with Crippen molar-refractivity contribution in [2.45, 2.75) is 23.0 Å². The summed E-state index contributed by atoms with van der Waals surface area (Å²) in [5, 5.41) is 1.09. The van der Waals surface area contributed by atoms with Gasteiger partial charge in [0.1, 0.15) is 5.76 Å². The second kappa shape index (κ2) is 8.89. The maximum atomic E-state index is 13.0. The highest BCUT2D eigenvalue weighted by Gasteiger charge is 2.16. The molecule has 4 rings (SSSR count). The van der Waals surface area contributed by atoms with Gasteiger partial charge in [-0.15, -0.1) is 0 Å². The summed E-state index contributed by atoms with van der Waals surface area (Å²) in [6.07, 6.45) is 2.02. The molecule has 8 heteroatoms. The highest BCUT2D eigenvalue weighted by Crippen LogP contribution is 2.21. The molecular weight excluding hydrogens is 420 g/mol. The number of hydrogen-bond acceptors (Lipinski definition) is 6. The van der Waals surface area contributed by atoms with Gasteiger partial charge in [0.15, 0.2) is 15.0 Å². The number of fused-ring (bicyclic) bond motifs is 1. The Morgan fingerprint density at radius 2 is 1.73 bits per heavy atom. The molecule has 0 radical (unpaired) electrons. The van der Waals surface area contributed by atoms with Crippen LogP contribution in [0.5, 0.6) is 0 Å². The highest BCUT2D eigenvalue weighted by atomic mass is 32.2. The van der Waals surface area contributed by atoms with E-state index in [1.165, 1.54) is 11.8 Å². The zero-order valence-electron chi connectivity index (χ0n) is 16.1. The van der Waals surface area contributed by atoms with Crippen LogP contribution >= 0.6 is 11.8 Å². The molecule has 2 aromatic carbocycles. The van der Waals surface area contributed by atoms with E-state index in [1.54, 1.807) is 59.4 Å². The summed E-state index contributed by atoms with van der Waals surface area (Å²) >= 11 is 1.38. The molecule has 6 nitrogen and oxygen atoms in total. The van der Waals surface area contributed by atoms with Crippen molar-refractivity contribution in [1.29, 1.82) is 0 Å². The second-order valence-electron chi connectivity index (χ2n) is 6.72. The molecule has 154 valence electrons. The first-order valence-electron chi connectivity index (χ1n) is 9.47. The van der Waals surface area contributed by atoms with Crippen LogP contribution in [0.3, 0.4) is 0 Å². The smallest absolute Gasteiger partial charge is 0.262 e. The minimum absolute atomic E-state index is 0.0417. The van der Waals surface area contributed by atoms with Crippen LogP contribution in [0.2, 0.25) is 0 Å². The monoisotopic (exact) mass is 440 g/mol. The molecule has 0 bridgehead atoms. The Morgan fingerprint density at radius 3 is 2.50 bits per heavy atom. The zero-order valence-corrected chi connectivity index (χ0v) is 17.7. The number of furan rings is 1. The van der Waals surface area contributed by atoms with Gasteiger partial charge in [0, 0.05) is 5.75 Å². The van der Waals surface area contributed by atoms with Crippen LogP contribution in [0, 0.1) is 0 Å². The molecule has 0 spiro atoms. The van der Waals surface area contributed by atoms with Crippen molar-refractivity contribution in [3.05, 3.63) is 89.1 Å². The molecule has 0 aliphatic rings. The molecule has 0 atom stereocenters. The van der Waals surface area contributed by atoms with Gasteiger partial charge in [0.25, 0.3) is 5.56 Å². The molecule has 30 heavy (non-hydrogen) atoms. The Kier molecular flexibility index (Phi) is 6.06. The van der Waals surface area contributed by atoms with Gasteiger partial charge in [0.05, 0.1) is 34.4 Å². The fourth-order valence-corrected chi connectivity index (χ4v) is 5.57.